The van der Waals surface area contributed by atoms with Crippen LogP contribution in [0.1, 0.15) is 22.5 Å². The minimum Gasteiger partial charge on any atom is -0.385 e. The highest BCUT2D eigenvalue weighted by Crippen LogP contribution is 2.33. The fourth-order valence-corrected chi connectivity index (χ4v) is 2.75. The molecule has 2 rings (SSSR count). The standard InChI is InChI=1S/C18H21ClFN3O4/c1-11-15(17(22-27-11)16-12(19)6-4-7-13(16)20)18(25)23(2)10-14(24)21-8-5-9-26-3/h4,6-7H,5,8-10H2,1-3H3,(H,21,24). The molecule has 0 radical (unpaired) electrons. The van der Waals surface area contributed by atoms with Gasteiger partial charge in [-0.05, 0) is 25.5 Å². The van der Waals surface area contributed by atoms with E-state index in [9.17, 15) is 14.0 Å². The van der Waals surface area contributed by atoms with E-state index in [-0.39, 0.29) is 40.1 Å². The number of methoxy groups -OCH3 is 1. The molecule has 27 heavy (non-hydrogen) atoms. The number of halogens is 2. The number of ether oxygens (including phenoxy) is 1. The lowest BCUT2D eigenvalue weighted by Gasteiger charge is -2.17. The Morgan fingerprint density at radius 3 is 2.81 bits per heavy atom. The summed E-state index contributed by atoms with van der Waals surface area (Å²) in [5.41, 5.74) is 0.0569. The van der Waals surface area contributed by atoms with Crippen molar-refractivity contribution in [2.75, 3.05) is 33.9 Å². The fourth-order valence-electron chi connectivity index (χ4n) is 2.50. The topological polar surface area (TPSA) is 84.7 Å². The fraction of sp³-hybridized carbons (Fsp3) is 0.389. The molecule has 2 amide bonds. The van der Waals surface area contributed by atoms with E-state index in [0.29, 0.717) is 19.6 Å². The Morgan fingerprint density at radius 2 is 2.15 bits per heavy atom. The minimum atomic E-state index is -0.622. The van der Waals surface area contributed by atoms with E-state index in [2.05, 4.69) is 10.5 Å². The lowest BCUT2D eigenvalue weighted by atomic mass is 10.0. The van der Waals surface area contributed by atoms with Crippen molar-refractivity contribution in [3.05, 3.63) is 40.4 Å². The van der Waals surface area contributed by atoms with Crippen molar-refractivity contribution in [3.8, 4) is 11.3 Å². The number of amides is 2. The molecule has 9 heteroatoms. The summed E-state index contributed by atoms with van der Waals surface area (Å²) in [4.78, 5) is 26.0. The van der Waals surface area contributed by atoms with Gasteiger partial charge in [0.15, 0.2) is 0 Å². The molecule has 1 aromatic carbocycles. The maximum absolute atomic E-state index is 14.2. The number of likely N-dealkylation sites (N-methyl/N-ethyl adjacent to an activating group) is 1. The third-order valence-electron chi connectivity index (χ3n) is 3.85. The van der Waals surface area contributed by atoms with Crippen LogP contribution in [0, 0.1) is 12.7 Å². The molecule has 0 aliphatic heterocycles. The third-order valence-corrected chi connectivity index (χ3v) is 4.17. The van der Waals surface area contributed by atoms with Gasteiger partial charge in [0.1, 0.15) is 22.8 Å². The average Bonchev–Trinajstić information content (AvgIpc) is 2.99. The molecule has 1 N–H and O–H groups in total. The van der Waals surface area contributed by atoms with E-state index in [1.54, 1.807) is 7.11 Å². The zero-order valence-corrected chi connectivity index (χ0v) is 16.1. The Morgan fingerprint density at radius 1 is 1.41 bits per heavy atom. The minimum absolute atomic E-state index is 0.00736. The Bertz CT molecular complexity index is 805. The molecular weight excluding hydrogens is 377 g/mol. The number of rotatable bonds is 8. The van der Waals surface area contributed by atoms with Crippen LogP contribution >= 0.6 is 11.6 Å². The van der Waals surface area contributed by atoms with E-state index in [1.807, 2.05) is 0 Å². The highest BCUT2D eigenvalue weighted by atomic mass is 35.5. The van der Waals surface area contributed by atoms with Crippen molar-refractivity contribution in [1.29, 1.82) is 0 Å². The monoisotopic (exact) mass is 397 g/mol. The molecule has 0 saturated heterocycles. The summed E-state index contributed by atoms with van der Waals surface area (Å²) in [6.45, 7) is 2.34. The predicted octanol–water partition coefficient (Wildman–Crippen LogP) is 2.67. The highest BCUT2D eigenvalue weighted by Gasteiger charge is 2.28. The second-order valence-electron chi connectivity index (χ2n) is 5.92. The summed E-state index contributed by atoms with van der Waals surface area (Å²) in [5.74, 6) is -1.25. The number of hydrogen-bond acceptors (Lipinski definition) is 5. The molecule has 0 unspecified atom stereocenters. The van der Waals surface area contributed by atoms with Gasteiger partial charge in [-0.1, -0.05) is 22.8 Å². The van der Waals surface area contributed by atoms with Crippen molar-refractivity contribution in [1.82, 2.24) is 15.4 Å². The zero-order valence-electron chi connectivity index (χ0n) is 15.3. The Kier molecular flexibility index (Phi) is 7.32. The largest absolute Gasteiger partial charge is 0.385 e. The van der Waals surface area contributed by atoms with Crippen molar-refractivity contribution >= 4 is 23.4 Å². The Hall–Kier alpha value is -2.45. The van der Waals surface area contributed by atoms with Crippen LogP contribution in [0.3, 0.4) is 0 Å². The van der Waals surface area contributed by atoms with Gasteiger partial charge in [-0.2, -0.15) is 0 Å². The van der Waals surface area contributed by atoms with Gasteiger partial charge in [0.2, 0.25) is 5.91 Å². The summed E-state index contributed by atoms with van der Waals surface area (Å²) in [6, 6.07) is 4.17. The van der Waals surface area contributed by atoms with Crippen molar-refractivity contribution in [2.24, 2.45) is 0 Å². The summed E-state index contributed by atoms with van der Waals surface area (Å²) < 4.78 is 24.2. The average molecular weight is 398 g/mol. The number of carbonyl (C=O) groups is 2. The second kappa shape index (κ2) is 9.48. The van der Waals surface area contributed by atoms with E-state index < -0.39 is 11.7 Å². The van der Waals surface area contributed by atoms with Gasteiger partial charge >= 0.3 is 0 Å². The molecule has 0 fully saturated rings. The number of hydrogen-bond donors (Lipinski definition) is 1. The van der Waals surface area contributed by atoms with Gasteiger partial charge in [0.25, 0.3) is 5.91 Å². The van der Waals surface area contributed by atoms with E-state index >= 15 is 0 Å². The Labute approximate surface area is 161 Å². The number of aryl methyl sites for hydroxylation is 1. The van der Waals surface area contributed by atoms with Gasteiger partial charge in [0, 0.05) is 27.3 Å². The first-order valence-corrected chi connectivity index (χ1v) is 8.66. The SMILES string of the molecule is COCCCNC(=O)CN(C)C(=O)c1c(-c2c(F)cccc2Cl)noc1C. The van der Waals surface area contributed by atoms with E-state index in [4.69, 9.17) is 20.9 Å². The molecule has 0 bridgehead atoms. The number of nitrogens with one attached hydrogen (secondary N) is 1. The number of nitrogens with zero attached hydrogens (tertiary/aromatic N) is 2. The molecule has 0 spiro atoms. The molecule has 0 aliphatic rings. The first kappa shape index (κ1) is 20.9. The summed E-state index contributed by atoms with van der Waals surface area (Å²) in [6.07, 6.45) is 0.667. The molecule has 0 aliphatic carbocycles. The van der Waals surface area contributed by atoms with Crippen LogP contribution in [0.2, 0.25) is 5.02 Å². The quantitative estimate of drug-likeness (QED) is 0.692. The smallest absolute Gasteiger partial charge is 0.259 e. The molecule has 7 nitrogen and oxygen atoms in total. The highest BCUT2D eigenvalue weighted by molar-refractivity contribution is 6.33. The van der Waals surface area contributed by atoms with Gasteiger partial charge in [-0.15, -0.1) is 0 Å². The lowest BCUT2D eigenvalue weighted by molar-refractivity contribution is -0.121. The molecule has 2 aromatic rings. The third kappa shape index (κ3) is 5.05. The molecule has 146 valence electrons. The van der Waals surface area contributed by atoms with E-state index in [0.717, 1.165) is 0 Å². The summed E-state index contributed by atoms with van der Waals surface area (Å²) >= 11 is 6.08. The van der Waals surface area contributed by atoms with Crippen molar-refractivity contribution in [2.45, 2.75) is 13.3 Å². The van der Waals surface area contributed by atoms with E-state index in [1.165, 1.54) is 37.1 Å². The Balaban J connectivity index is 2.17. The van der Waals surface area contributed by atoms with Crippen LogP contribution < -0.4 is 5.32 Å². The number of carbonyl (C=O) groups excluding carboxylic acids is 2. The van der Waals surface area contributed by atoms with Crippen LogP contribution in [0.15, 0.2) is 22.7 Å². The molecular formula is C18H21ClFN3O4. The van der Waals surface area contributed by atoms with Gasteiger partial charge < -0.3 is 19.5 Å². The molecule has 0 saturated carbocycles. The summed E-state index contributed by atoms with van der Waals surface area (Å²) in [5, 5.41) is 6.60. The van der Waals surface area contributed by atoms with Crippen molar-refractivity contribution < 1.29 is 23.2 Å². The maximum Gasteiger partial charge on any atom is 0.259 e. The van der Waals surface area contributed by atoms with Crippen molar-refractivity contribution in [3.63, 3.8) is 0 Å². The number of aromatic nitrogens is 1. The van der Waals surface area contributed by atoms with Gasteiger partial charge in [-0.3, -0.25) is 9.59 Å². The molecule has 1 heterocycles. The van der Waals surface area contributed by atoms with Crippen LogP contribution in [0.4, 0.5) is 4.39 Å². The maximum atomic E-state index is 14.2. The van der Waals surface area contributed by atoms with Crippen LogP contribution in [-0.4, -0.2) is 55.7 Å². The van der Waals surface area contributed by atoms with Crippen LogP contribution in [0.25, 0.3) is 11.3 Å². The van der Waals surface area contributed by atoms with Gasteiger partial charge in [-0.25, -0.2) is 4.39 Å². The molecule has 0 atom stereocenters. The van der Waals surface area contributed by atoms with Crippen LogP contribution in [0.5, 0.6) is 0 Å². The second-order valence-corrected chi connectivity index (χ2v) is 6.32. The normalized spacial score (nSPS) is 10.7. The van der Waals surface area contributed by atoms with Crippen LogP contribution in [-0.2, 0) is 9.53 Å². The first-order valence-electron chi connectivity index (χ1n) is 8.28. The first-order chi connectivity index (χ1) is 12.9. The van der Waals surface area contributed by atoms with Gasteiger partial charge in [0.05, 0.1) is 17.1 Å². The lowest BCUT2D eigenvalue weighted by Crippen LogP contribution is -2.39. The number of benzene rings is 1. The predicted molar refractivity (Wildman–Crippen MR) is 98.1 cm³/mol. The molecule has 1 aromatic heterocycles. The zero-order chi connectivity index (χ0) is 20.0. The summed E-state index contributed by atoms with van der Waals surface area (Å²) in [7, 11) is 3.05.